The molecule has 6 aromatic carbocycles. The number of H-pyrrole nitrogens is 2. The summed E-state index contributed by atoms with van der Waals surface area (Å²) in [6.07, 6.45) is -8.97. The van der Waals surface area contributed by atoms with Crippen molar-refractivity contribution in [3.63, 3.8) is 0 Å². The second kappa shape index (κ2) is 19.5. The number of anilines is 6. The van der Waals surface area contributed by atoms with Crippen LogP contribution >= 0.6 is 0 Å². The highest BCUT2D eigenvalue weighted by Crippen LogP contribution is 2.35. The van der Waals surface area contributed by atoms with Crippen molar-refractivity contribution in [2.75, 3.05) is 31.9 Å². The van der Waals surface area contributed by atoms with Gasteiger partial charge in [-0.15, -0.1) is 0 Å². The lowest BCUT2D eigenvalue weighted by Gasteiger charge is -2.12. The molecule has 0 radical (unpaired) electrons. The van der Waals surface area contributed by atoms with Crippen LogP contribution in [0.2, 0.25) is 0 Å². The Morgan fingerprint density at radius 3 is 1.32 bits per heavy atom. The highest BCUT2D eigenvalue weighted by atomic mass is 19.4. The maximum Gasteiger partial charge on any atom is 0.416 e. The van der Waals surface area contributed by atoms with E-state index in [1.165, 1.54) is 67.6 Å². The minimum Gasteiger partial charge on any atom is -0.311 e. The topological polar surface area (TPSA) is 198 Å². The van der Waals surface area contributed by atoms with Crippen molar-refractivity contribution in [3.8, 4) is 22.3 Å². The lowest BCUT2D eigenvalue weighted by Crippen LogP contribution is -2.20. The highest BCUT2D eigenvalue weighted by Gasteiger charge is 2.32. The van der Waals surface area contributed by atoms with Crippen LogP contribution in [0.3, 0.4) is 0 Å². The normalized spacial score (nSPS) is 11.3. The van der Waals surface area contributed by atoms with E-state index in [4.69, 9.17) is 0 Å². The smallest absolute Gasteiger partial charge is 0.311 e. The number of carbonyl (C=O) groups is 4. The van der Waals surface area contributed by atoms with Gasteiger partial charge in [-0.1, -0.05) is 36.4 Å². The molecule has 8 aromatic rings. The summed E-state index contributed by atoms with van der Waals surface area (Å²) in [6, 6.07) is 19.3. The standard InChI is InChI=1S/C23H16F5N5O2.C22H14F5N5O2/c1-11(34)29-21-16-8-7-15(19(25)20(16)32-33-21)12-2-5-14(6-3-12)30-22(35)31-18-10-13(23(26,27)28)4-9-17(18)24;23-16-8-3-12(22(25,26)27)9-17(16)30-21(34)29-13-4-1-11(2-5-13)14-6-7-15-19(18(14)24)31-32-20(15)28-10-33/h2-10H,1H3,(H2,30,31,35)(H2,29,32,33,34);1-10H,(H2,29,30,34)(H2,28,31,32,33). The van der Waals surface area contributed by atoms with Crippen LogP contribution in [0, 0.1) is 23.3 Å². The number of alkyl halides is 6. The Labute approximate surface area is 380 Å². The SMILES string of the molecule is CC(=O)Nc1n[nH]c2c(F)c(-c3ccc(NC(=O)Nc4cc(C(F)(F)F)ccc4F)cc3)ccc12.O=CNc1n[nH]c2c(F)c(-c3ccc(NC(=O)Nc4cc(C(F)(F)F)ccc4F)cc3)ccc12. The Morgan fingerprint density at radius 2 is 0.928 bits per heavy atom. The maximum atomic E-state index is 15.0. The molecule has 0 aliphatic heterocycles. The van der Waals surface area contributed by atoms with Gasteiger partial charge >= 0.3 is 24.4 Å². The molecule has 0 aliphatic rings. The molecule has 0 bridgehead atoms. The van der Waals surface area contributed by atoms with Crippen molar-refractivity contribution in [2.24, 2.45) is 0 Å². The number of hydrogen-bond donors (Lipinski definition) is 8. The number of aromatic amines is 2. The van der Waals surface area contributed by atoms with Crippen molar-refractivity contribution < 1.29 is 63.1 Å². The summed E-state index contributed by atoms with van der Waals surface area (Å²) in [5, 5.41) is 27.2. The lowest BCUT2D eigenvalue weighted by atomic mass is 10.0. The van der Waals surface area contributed by atoms with Gasteiger partial charge in [-0.25, -0.2) is 27.2 Å². The summed E-state index contributed by atoms with van der Waals surface area (Å²) in [5.41, 5.74) is -1.51. The van der Waals surface area contributed by atoms with Gasteiger partial charge in [0.2, 0.25) is 12.3 Å². The van der Waals surface area contributed by atoms with Crippen LogP contribution < -0.4 is 31.9 Å². The quantitative estimate of drug-likeness (QED) is 0.0523. The molecule has 0 aliphatic carbocycles. The van der Waals surface area contributed by atoms with Crippen molar-refractivity contribution in [1.82, 2.24) is 20.4 Å². The molecular formula is C45H30F10N10O4. The predicted molar refractivity (Wildman–Crippen MR) is 235 cm³/mol. The number of urea groups is 2. The van der Waals surface area contributed by atoms with Gasteiger partial charge in [0.25, 0.3) is 0 Å². The van der Waals surface area contributed by atoms with Crippen LogP contribution in [0.4, 0.5) is 87.9 Å². The van der Waals surface area contributed by atoms with E-state index in [2.05, 4.69) is 41.7 Å². The molecule has 8 rings (SSSR count). The predicted octanol–water partition coefficient (Wildman–Crippen LogP) is 11.9. The molecule has 2 heterocycles. The van der Waals surface area contributed by atoms with E-state index in [0.29, 0.717) is 64.7 Å². The van der Waals surface area contributed by atoms with Crippen LogP contribution in [-0.4, -0.2) is 44.8 Å². The molecule has 14 nitrogen and oxygen atoms in total. The first-order chi connectivity index (χ1) is 32.7. The van der Waals surface area contributed by atoms with E-state index in [1.807, 2.05) is 10.6 Å². The van der Waals surface area contributed by atoms with Gasteiger partial charge in [0, 0.05) is 40.2 Å². The van der Waals surface area contributed by atoms with E-state index in [-0.39, 0.29) is 51.1 Å². The molecule has 354 valence electrons. The first kappa shape index (κ1) is 48.0. The molecule has 2 aromatic heterocycles. The van der Waals surface area contributed by atoms with E-state index in [0.717, 1.165) is 0 Å². The molecule has 6 amide bonds. The molecule has 0 saturated carbocycles. The number of fused-ring (bicyclic) bond motifs is 2. The third-order valence-corrected chi connectivity index (χ3v) is 9.83. The Balaban J connectivity index is 0.000000204. The molecule has 24 heteroatoms. The zero-order valence-electron chi connectivity index (χ0n) is 34.8. The Morgan fingerprint density at radius 1 is 0.522 bits per heavy atom. The number of carbonyl (C=O) groups excluding carboxylic acids is 4. The average molecular weight is 965 g/mol. The van der Waals surface area contributed by atoms with Crippen molar-refractivity contribution in [1.29, 1.82) is 0 Å². The fraction of sp³-hybridized carbons (Fsp3) is 0.0667. The number of hydrogen-bond acceptors (Lipinski definition) is 6. The summed E-state index contributed by atoms with van der Waals surface area (Å²) in [4.78, 5) is 46.2. The number of aromatic nitrogens is 4. The molecule has 69 heavy (non-hydrogen) atoms. The molecule has 0 spiro atoms. The van der Waals surface area contributed by atoms with Crippen molar-refractivity contribution in [2.45, 2.75) is 19.3 Å². The summed E-state index contributed by atoms with van der Waals surface area (Å²) in [6.45, 7) is 1.30. The number of nitrogens with one attached hydrogen (secondary N) is 8. The first-order valence-electron chi connectivity index (χ1n) is 19.6. The van der Waals surface area contributed by atoms with E-state index < -0.39 is 70.2 Å². The zero-order valence-corrected chi connectivity index (χ0v) is 34.8. The molecule has 8 N–H and O–H groups in total. The monoisotopic (exact) mass is 964 g/mol. The first-order valence-corrected chi connectivity index (χ1v) is 19.6. The minimum absolute atomic E-state index is 0.0894. The van der Waals surface area contributed by atoms with Gasteiger partial charge in [0.15, 0.2) is 23.3 Å². The second-order valence-corrected chi connectivity index (χ2v) is 14.5. The van der Waals surface area contributed by atoms with E-state index in [9.17, 15) is 58.7 Å². The minimum atomic E-state index is -4.70. The van der Waals surface area contributed by atoms with Gasteiger partial charge in [-0.2, -0.15) is 36.5 Å². The van der Waals surface area contributed by atoms with Crippen molar-refractivity contribution >= 4 is 80.6 Å². The Bertz CT molecular complexity index is 3250. The largest absolute Gasteiger partial charge is 0.416 e. The number of nitrogens with zero attached hydrogens (tertiary/aromatic N) is 2. The fourth-order valence-corrected chi connectivity index (χ4v) is 6.61. The van der Waals surface area contributed by atoms with Crippen LogP contribution in [0.25, 0.3) is 44.1 Å². The van der Waals surface area contributed by atoms with Crippen LogP contribution in [0.15, 0.2) is 109 Å². The summed E-state index contributed by atoms with van der Waals surface area (Å²) in [5.74, 6) is -3.26. The van der Waals surface area contributed by atoms with Gasteiger partial charge in [0.1, 0.15) is 22.7 Å². The summed E-state index contributed by atoms with van der Waals surface area (Å²) in [7, 11) is 0. The van der Waals surface area contributed by atoms with Gasteiger partial charge in [0.05, 0.1) is 22.5 Å². The number of rotatable bonds is 9. The number of halogens is 10. The Hall–Kier alpha value is -8.96. The molecular weight excluding hydrogens is 935 g/mol. The third kappa shape index (κ3) is 11.0. The molecule has 0 unspecified atom stereocenters. The van der Waals surface area contributed by atoms with Crippen molar-refractivity contribution in [3.05, 3.63) is 144 Å². The average Bonchev–Trinajstić information content (AvgIpc) is 3.90. The van der Waals surface area contributed by atoms with Crippen LogP contribution in [-0.2, 0) is 21.9 Å². The van der Waals surface area contributed by atoms with E-state index in [1.54, 1.807) is 12.1 Å². The fourth-order valence-electron chi connectivity index (χ4n) is 6.61. The maximum absolute atomic E-state index is 15.0. The zero-order chi connectivity index (χ0) is 49.8. The third-order valence-electron chi connectivity index (χ3n) is 9.83. The van der Waals surface area contributed by atoms with Crippen LogP contribution in [0.1, 0.15) is 18.1 Å². The second-order valence-electron chi connectivity index (χ2n) is 14.5. The molecule has 0 saturated heterocycles. The molecule has 0 fully saturated rings. The highest BCUT2D eigenvalue weighted by molar-refractivity contribution is 6.02. The Kier molecular flexibility index (Phi) is 13.5. The van der Waals surface area contributed by atoms with Gasteiger partial charge < -0.3 is 31.9 Å². The van der Waals surface area contributed by atoms with E-state index >= 15 is 4.39 Å². The summed E-state index contributed by atoms with van der Waals surface area (Å²) < 4.78 is 135. The lowest BCUT2D eigenvalue weighted by molar-refractivity contribution is -0.138. The van der Waals surface area contributed by atoms with Gasteiger partial charge in [-0.3, -0.25) is 19.8 Å². The molecule has 0 atom stereocenters. The van der Waals surface area contributed by atoms with Gasteiger partial charge in [-0.05, 0) is 83.9 Å². The number of benzene rings is 6. The summed E-state index contributed by atoms with van der Waals surface area (Å²) >= 11 is 0. The van der Waals surface area contributed by atoms with Crippen LogP contribution in [0.5, 0.6) is 0 Å². The number of amides is 6.